The third kappa shape index (κ3) is 4.59. The fraction of sp³-hybridized carbons (Fsp3) is 0.429. The second-order valence-corrected chi connectivity index (χ2v) is 7.36. The smallest absolute Gasteiger partial charge is 0.123 e. The minimum absolute atomic E-state index is 0.0542. The summed E-state index contributed by atoms with van der Waals surface area (Å²) in [6, 6.07) is 14.7. The van der Waals surface area contributed by atoms with Crippen LogP contribution in [0.15, 0.2) is 42.5 Å². The van der Waals surface area contributed by atoms with E-state index in [1.54, 1.807) is 0 Å². The van der Waals surface area contributed by atoms with E-state index >= 15 is 0 Å². The normalized spacial score (nSPS) is 11.9. The Morgan fingerprint density at radius 1 is 1.00 bits per heavy atom. The van der Waals surface area contributed by atoms with Gasteiger partial charge in [0.25, 0.3) is 0 Å². The van der Waals surface area contributed by atoms with Gasteiger partial charge in [0.05, 0.1) is 0 Å². The maximum Gasteiger partial charge on any atom is 0.123 e. The Labute approximate surface area is 140 Å². The van der Waals surface area contributed by atoms with Gasteiger partial charge in [-0.15, -0.1) is 0 Å². The molecule has 0 aliphatic rings. The predicted octanol–water partition coefficient (Wildman–Crippen LogP) is 5.02. The molecule has 0 fully saturated rings. The molecule has 0 saturated carbocycles. The van der Waals surface area contributed by atoms with Crippen LogP contribution in [-0.2, 0) is 18.5 Å². The van der Waals surface area contributed by atoms with E-state index in [0.717, 1.165) is 30.8 Å². The Kier molecular flexibility index (Phi) is 5.48. The number of aryl methyl sites for hydroxylation is 1. The van der Waals surface area contributed by atoms with E-state index in [0.29, 0.717) is 5.75 Å². The Morgan fingerprint density at radius 2 is 1.65 bits per heavy atom. The zero-order valence-corrected chi connectivity index (χ0v) is 15.1. The first kappa shape index (κ1) is 17.6. The number of hydrogen-bond acceptors (Lipinski definition) is 2. The molecule has 2 aromatic rings. The first-order valence-corrected chi connectivity index (χ1v) is 8.40. The van der Waals surface area contributed by atoms with Crippen molar-refractivity contribution in [1.82, 2.24) is 4.90 Å². The number of phenolic OH excluding ortho intramolecular Hbond substituents is 1. The highest BCUT2D eigenvalue weighted by Gasteiger charge is 2.21. The summed E-state index contributed by atoms with van der Waals surface area (Å²) in [4.78, 5) is 2.36. The minimum atomic E-state index is -0.0542. The highest BCUT2D eigenvalue weighted by molar-refractivity contribution is 5.46. The van der Waals surface area contributed by atoms with Crippen LogP contribution < -0.4 is 0 Å². The molecule has 0 radical (unpaired) electrons. The van der Waals surface area contributed by atoms with Crippen LogP contribution >= 0.6 is 0 Å². The van der Waals surface area contributed by atoms with E-state index in [9.17, 15) is 5.11 Å². The molecule has 2 heteroatoms. The van der Waals surface area contributed by atoms with Crippen LogP contribution in [0.4, 0.5) is 0 Å². The second kappa shape index (κ2) is 7.18. The monoisotopic (exact) mass is 311 g/mol. The highest BCUT2D eigenvalue weighted by atomic mass is 16.3. The van der Waals surface area contributed by atoms with E-state index in [-0.39, 0.29) is 5.41 Å². The average molecular weight is 311 g/mol. The molecule has 2 rings (SSSR count). The largest absolute Gasteiger partial charge is 0.507 e. The van der Waals surface area contributed by atoms with Gasteiger partial charge in [0.1, 0.15) is 5.75 Å². The molecule has 1 N–H and O–H groups in total. The highest BCUT2D eigenvalue weighted by Crippen LogP contribution is 2.35. The lowest BCUT2D eigenvalue weighted by Crippen LogP contribution is -2.23. The molecule has 2 aromatic carbocycles. The molecule has 2 nitrogen and oxygen atoms in total. The summed E-state index contributed by atoms with van der Waals surface area (Å²) in [6.45, 7) is 13.3. The van der Waals surface area contributed by atoms with Gasteiger partial charge < -0.3 is 5.11 Å². The molecule has 23 heavy (non-hydrogen) atoms. The Bertz CT molecular complexity index is 641. The Hall–Kier alpha value is -1.80. The zero-order chi connectivity index (χ0) is 17.0. The number of benzene rings is 2. The van der Waals surface area contributed by atoms with Crippen LogP contribution in [-0.4, -0.2) is 16.6 Å². The first-order valence-electron chi connectivity index (χ1n) is 8.40. The third-order valence-corrected chi connectivity index (χ3v) is 4.23. The zero-order valence-electron chi connectivity index (χ0n) is 15.1. The lowest BCUT2D eigenvalue weighted by molar-refractivity contribution is 0.266. The van der Waals surface area contributed by atoms with E-state index in [4.69, 9.17) is 0 Å². The van der Waals surface area contributed by atoms with Crippen molar-refractivity contribution in [2.24, 2.45) is 0 Å². The standard InChI is InChI=1S/C21H29NO/c1-6-22(14-17-10-8-7-9-11-17)15-18-12-16(2)13-19(20(18)23)21(3,4)5/h7-13,23H,6,14-15H2,1-5H3. The fourth-order valence-corrected chi connectivity index (χ4v) is 2.91. The van der Waals surface area contributed by atoms with E-state index < -0.39 is 0 Å². The lowest BCUT2D eigenvalue weighted by atomic mass is 9.84. The fourth-order valence-electron chi connectivity index (χ4n) is 2.91. The molecule has 0 heterocycles. The second-order valence-electron chi connectivity index (χ2n) is 7.36. The summed E-state index contributed by atoms with van der Waals surface area (Å²) in [7, 11) is 0. The average Bonchev–Trinajstić information content (AvgIpc) is 2.49. The number of phenols is 1. The minimum Gasteiger partial charge on any atom is -0.507 e. The molecular weight excluding hydrogens is 282 g/mol. The molecule has 0 atom stereocenters. The Balaban J connectivity index is 2.25. The lowest BCUT2D eigenvalue weighted by Gasteiger charge is -2.26. The van der Waals surface area contributed by atoms with Crippen LogP contribution in [0.1, 0.15) is 49.9 Å². The van der Waals surface area contributed by atoms with Gasteiger partial charge in [-0.2, -0.15) is 0 Å². The van der Waals surface area contributed by atoms with Crippen LogP contribution in [0, 0.1) is 6.92 Å². The molecule has 0 bridgehead atoms. The number of aromatic hydroxyl groups is 1. The van der Waals surface area contributed by atoms with Gasteiger partial charge in [0.15, 0.2) is 0 Å². The maximum absolute atomic E-state index is 10.7. The molecule has 0 aromatic heterocycles. The topological polar surface area (TPSA) is 23.5 Å². The van der Waals surface area contributed by atoms with Crippen LogP contribution in [0.25, 0.3) is 0 Å². The maximum atomic E-state index is 10.7. The van der Waals surface area contributed by atoms with E-state index in [1.807, 2.05) is 6.07 Å². The van der Waals surface area contributed by atoms with Crippen molar-refractivity contribution in [2.75, 3.05) is 6.54 Å². The summed E-state index contributed by atoms with van der Waals surface area (Å²) in [5.41, 5.74) is 4.51. The van der Waals surface area contributed by atoms with Crippen molar-refractivity contribution in [2.45, 2.75) is 53.1 Å². The summed E-state index contributed by atoms with van der Waals surface area (Å²) in [5.74, 6) is 0.453. The van der Waals surface area contributed by atoms with Crippen molar-refractivity contribution in [3.05, 3.63) is 64.7 Å². The van der Waals surface area contributed by atoms with Gasteiger partial charge in [-0.3, -0.25) is 4.90 Å². The van der Waals surface area contributed by atoms with Crippen molar-refractivity contribution >= 4 is 0 Å². The first-order chi connectivity index (χ1) is 10.8. The molecule has 0 aliphatic heterocycles. The van der Waals surface area contributed by atoms with Gasteiger partial charge >= 0.3 is 0 Å². The van der Waals surface area contributed by atoms with Crippen molar-refractivity contribution in [3.63, 3.8) is 0 Å². The van der Waals surface area contributed by atoms with Gasteiger partial charge in [-0.25, -0.2) is 0 Å². The van der Waals surface area contributed by atoms with E-state index in [1.165, 1.54) is 11.1 Å². The van der Waals surface area contributed by atoms with Gasteiger partial charge in [0, 0.05) is 18.7 Å². The van der Waals surface area contributed by atoms with Gasteiger partial charge in [-0.05, 0) is 30.0 Å². The van der Waals surface area contributed by atoms with Crippen molar-refractivity contribution in [3.8, 4) is 5.75 Å². The van der Waals surface area contributed by atoms with Crippen LogP contribution in [0.3, 0.4) is 0 Å². The van der Waals surface area contributed by atoms with Gasteiger partial charge in [-0.1, -0.05) is 75.7 Å². The SMILES string of the molecule is CCN(Cc1ccccc1)Cc1cc(C)cc(C(C)(C)C)c1O. The van der Waals surface area contributed by atoms with E-state index in [2.05, 4.69) is 75.9 Å². The van der Waals surface area contributed by atoms with Gasteiger partial charge in [0.2, 0.25) is 0 Å². The summed E-state index contributed by atoms with van der Waals surface area (Å²) >= 11 is 0. The Morgan fingerprint density at radius 3 is 2.22 bits per heavy atom. The molecule has 0 spiro atoms. The third-order valence-electron chi connectivity index (χ3n) is 4.23. The number of hydrogen-bond donors (Lipinski definition) is 1. The molecule has 0 saturated heterocycles. The number of rotatable bonds is 5. The molecule has 0 amide bonds. The predicted molar refractivity (Wildman–Crippen MR) is 97.8 cm³/mol. The summed E-state index contributed by atoms with van der Waals surface area (Å²) in [6.07, 6.45) is 0. The molecular formula is C21H29NO. The number of nitrogens with zero attached hydrogens (tertiary/aromatic N) is 1. The summed E-state index contributed by atoms with van der Waals surface area (Å²) < 4.78 is 0. The quantitative estimate of drug-likeness (QED) is 0.838. The molecule has 0 aliphatic carbocycles. The molecule has 0 unspecified atom stereocenters. The van der Waals surface area contributed by atoms with Crippen molar-refractivity contribution in [1.29, 1.82) is 0 Å². The summed E-state index contributed by atoms with van der Waals surface area (Å²) in [5, 5.41) is 10.7. The van der Waals surface area contributed by atoms with Crippen molar-refractivity contribution < 1.29 is 5.11 Å². The van der Waals surface area contributed by atoms with Crippen LogP contribution in [0.5, 0.6) is 5.75 Å². The molecule has 124 valence electrons. The van der Waals surface area contributed by atoms with Crippen LogP contribution in [0.2, 0.25) is 0 Å².